The molecule has 9 heteroatoms. The van der Waals surface area contributed by atoms with Gasteiger partial charge in [-0.25, -0.2) is 4.79 Å². The third kappa shape index (κ3) is 8.50. The molecule has 1 heterocycles. The van der Waals surface area contributed by atoms with Gasteiger partial charge in [-0.2, -0.15) is 0 Å². The van der Waals surface area contributed by atoms with Crippen LogP contribution < -0.4 is 31.0 Å². The number of nitrogens with one attached hydrogen (secondary N) is 4. The number of methoxy groups -OCH3 is 1. The highest BCUT2D eigenvalue weighted by atomic mass is 16.5. The Morgan fingerprint density at radius 3 is 2.49 bits per heavy atom. The first-order chi connectivity index (χ1) is 21.9. The van der Waals surface area contributed by atoms with Gasteiger partial charge in [-0.15, -0.1) is 0 Å². The number of pyridine rings is 1. The second-order valence-corrected chi connectivity index (χ2v) is 10.9. The molecule has 0 fully saturated rings. The van der Waals surface area contributed by atoms with E-state index in [9.17, 15) is 14.7 Å². The summed E-state index contributed by atoms with van der Waals surface area (Å²) in [6, 6.07) is 31.6. The summed E-state index contributed by atoms with van der Waals surface area (Å²) in [6.07, 6.45) is -0.130. The zero-order valence-electron chi connectivity index (χ0n) is 25.4. The minimum atomic E-state index is -0.816. The number of urea groups is 1. The van der Waals surface area contributed by atoms with Gasteiger partial charge in [-0.1, -0.05) is 66.7 Å². The number of hydrogen-bond acceptors (Lipinski definition) is 6. The number of aliphatic hydroxyl groups excluding tert-OH is 1. The van der Waals surface area contributed by atoms with Gasteiger partial charge in [0.25, 0.3) is 0 Å². The van der Waals surface area contributed by atoms with Gasteiger partial charge in [-0.05, 0) is 60.4 Å². The van der Waals surface area contributed by atoms with Gasteiger partial charge in [0.15, 0.2) is 0 Å². The maximum atomic E-state index is 12.5. The summed E-state index contributed by atoms with van der Waals surface area (Å²) in [7, 11) is 1.60. The number of benzene rings is 4. The van der Waals surface area contributed by atoms with E-state index in [-0.39, 0.29) is 17.6 Å². The van der Waals surface area contributed by atoms with Crippen LogP contribution in [0.5, 0.6) is 11.5 Å². The molecule has 0 aliphatic carbocycles. The molecule has 5 rings (SSSR count). The number of H-pyrrole nitrogens is 1. The Bertz CT molecular complexity index is 1790. The zero-order valence-corrected chi connectivity index (χ0v) is 25.4. The predicted molar refractivity (Wildman–Crippen MR) is 177 cm³/mol. The summed E-state index contributed by atoms with van der Waals surface area (Å²) >= 11 is 0. The molecule has 2 atom stereocenters. The van der Waals surface area contributed by atoms with Crippen molar-refractivity contribution in [1.82, 2.24) is 15.6 Å². The van der Waals surface area contributed by atoms with Crippen molar-refractivity contribution in [2.45, 2.75) is 38.6 Å². The number of ether oxygens (including phenoxy) is 2. The van der Waals surface area contributed by atoms with Gasteiger partial charge in [0.2, 0.25) is 5.56 Å². The van der Waals surface area contributed by atoms with E-state index in [4.69, 9.17) is 9.47 Å². The van der Waals surface area contributed by atoms with Gasteiger partial charge in [0, 0.05) is 41.8 Å². The Morgan fingerprint density at radius 1 is 0.889 bits per heavy atom. The van der Waals surface area contributed by atoms with Crippen LogP contribution in [-0.4, -0.2) is 35.8 Å². The van der Waals surface area contributed by atoms with Crippen molar-refractivity contribution < 1.29 is 19.4 Å². The van der Waals surface area contributed by atoms with Gasteiger partial charge in [0.1, 0.15) is 18.1 Å². The molecule has 0 bridgehead atoms. The number of aromatic nitrogens is 1. The Labute approximate surface area is 262 Å². The maximum Gasteiger partial charge on any atom is 0.319 e. The van der Waals surface area contributed by atoms with Crippen LogP contribution >= 0.6 is 0 Å². The van der Waals surface area contributed by atoms with Crippen LogP contribution in [0.1, 0.15) is 35.3 Å². The molecule has 0 spiro atoms. The number of hydrogen-bond donors (Lipinski definition) is 5. The number of para-hydroxylation sites is 1. The molecule has 9 nitrogen and oxygen atoms in total. The lowest BCUT2D eigenvalue weighted by molar-refractivity contribution is 0.172. The predicted octanol–water partition coefficient (Wildman–Crippen LogP) is 5.69. The number of aromatic amines is 1. The number of carbonyl (C=O) groups is 1. The van der Waals surface area contributed by atoms with Crippen LogP contribution in [0.4, 0.5) is 10.5 Å². The summed E-state index contributed by atoms with van der Waals surface area (Å²) in [6.45, 7) is 3.05. The van der Waals surface area contributed by atoms with Gasteiger partial charge < -0.3 is 35.5 Å². The van der Waals surface area contributed by atoms with Gasteiger partial charge in [-0.3, -0.25) is 4.79 Å². The molecule has 1 aromatic heterocycles. The maximum absolute atomic E-state index is 12.5. The molecular weight excluding hydrogens is 568 g/mol. The molecule has 0 saturated carbocycles. The normalized spacial score (nSPS) is 12.3. The Kier molecular flexibility index (Phi) is 10.5. The van der Waals surface area contributed by atoms with Crippen molar-refractivity contribution in [3.8, 4) is 11.5 Å². The van der Waals surface area contributed by atoms with Crippen molar-refractivity contribution in [2.24, 2.45) is 0 Å². The Hall–Kier alpha value is -5.12. The van der Waals surface area contributed by atoms with Crippen LogP contribution in [0, 0.1) is 0 Å². The van der Waals surface area contributed by atoms with Crippen LogP contribution in [0.25, 0.3) is 10.9 Å². The molecule has 0 unspecified atom stereocenters. The lowest BCUT2D eigenvalue weighted by atomic mass is 10.0. The van der Waals surface area contributed by atoms with E-state index in [1.807, 2.05) is 91.9 Å². The molecule has 4 aromatic carbocycles. The molecular formula is C36H38N4O5. The van der Waals surface area contributed by atoms with Crippen LogP contribution in [-0.2, 0) is 19.6 Å². The molecule has 232 valence electrons. The van der Waals surface area contributed by atoms with E-state index in [1.54, 1.807) is 19.2 Å². The first-order valence-corrected chi connectivity index (χ1v) is 14.9. The van der Waals surface area contributed by atoms with Crippen molar-refractivity contribution >= 4 is 22.6 Å². The van der Waals surface area contributed by atoms with Crippen LogP contribution in [0.3, 0.4) is 0 Å². The average Bonchev–Trinajstić information content (AvgIpc) is 3.05. The monoisotopic (exact) mass is 606 g/mol. The smallest absolute Gasteiger partial charge is 0.319 e. The van der Waals surface area contributed by atoms with Gasteiger partial charge in [0.05, 0.1) is 18.7 Å². The van der Waals surface area contributed by atoms with Crippen molar-refractivity contribution in [2.75, 3.05) is 19.0 Å². The summed E-state index contributed by atoms with van der Waals surface area (Å²) in [4.78, 5) is 27.6. The number of rotatable bonds is 13. The van der Waals surface area contributed by atoms with Crippen molar-refractivity contribution in [1.29, 1.82) is 0 Å². The molecule has 2 amide bonds. The highest BCUT2D eigenvalue weighted by Gasteiger charge is 2.16. The molecule has 0 aliphatic rings. The summed E-state index contributed by atoms with van der Waals surface area (Å²) in [5.74, 6) is 1.27. The Balaban J connectivity index is 1.16. The fraction of sp³-hybridized carbons (Fsp3) is 0.222. The molecule has 0 aliphatic heterocycles. The molecule has 0 radical (unpaired) electrons. The summed E-state index contributed by atoms with van der Waals surface area (Å²) in [5, 5.41) is 21.0. The number of aliphatic hydroxyl groups is 1. The highest BCUT2D eigenvalue weighted by Crippen LogP contribution is 2.30. The van der Waals surface area contributed by atoms with E-state index >= 15 is 0 Å². The highest BCUT2D eigenvalue weighted by molar-refractivity contribution is 5.89. The van der Waals surface area contributed by atoms with Crippen molar-refractivity contribution in [3.63, 3.8) is 0 Å². The first-order valence-electron chi connectivity index (χ1n) is 14.9. The van der Waals surface area contributed by atoms with E-state index in [2.05, 4.69) is 20.9 Å². The largest absolute Gasteiger partial charge is 0.496 e. The number of amides is 2. The lowest BCUT2D eigenvalue weighted by Gasteiger charge is -2.20. The fourth-order valence-electron chi connectivity index (χ4n) is 5.22. The lowest BCUT2D eigenvalue weighted by Crippen LogP contribution is -2.32. The van der Waals surface area contributed by atoms with E-state index in [0.29, 0.717) is 48.6 Å². The second-order valence-electron chi connectivity index (χ2n) is 10.9. The zero-order chi connectivity index (χ0) is 31.6. The third-order valence-corrected chi connectivity index (χ3v) is 7.51. The third-order valence-electron chi connectivity index (χ3n) is 7.51. The van der Waals surface area contributed by atoms with E-state index in [0.717, 1.165) is 27.8 Å². The van der Waals surface area contributed by atoms with E-state index < -0.39 is 6.10 Å². The minimum absolute atomic E-state index is 0.0359. The summed E-state index contributed by atoms with van der Waals surface area (Å²) < 4.78 is 11.4. The number of carbonyl (C=O) groups excluding carboxylic acids is 1. The molecule has 5 aromatic rings. The standard InChI is InChI=1S/C36H38N4O5/c1-24(19-26-11-8-13-28(20-26)39-36(43)38-21-27-12-6-7-14-32(27)44-2)37-22-31(41)29-15-17-33(35-30(29)16-18-34(42)40-35)45-23-25-9-4-3-5-10-25/h3-18,20,24,31,37,41H,19,21-23H2,1-2H3,(H,40,42)(H2,38,39,43)/t24-,31+/m1/s1. The fourth-order valence-corrected chi connectivity index (χ4v) is 5.22. The van der Waals surface area contributed by atoms with Crippen molar-refractivity contribution in [3.05, 3.63) is 136 Å². The number of anilines is 1. The summed E-state index contributed by atoms with van der Waals surface area (Å²) in [5.41, 5.74) is 4.63. The molecule has 45 heavy (non-hydrogen) atoms. The Morgan fingerprint density at radius 2 is 1.67 bits per heavy atom. The second kappa shape index (κ2) is 15.1. The van der Waals surface area contributed by atoms with Crippen LogP contribution in [0.2, 0.25) is 0 Å². The molecule has 5 N–H and O–H groups in total. The average molecular weight is 607 g/mol. The molecule has 0 saturated heterocycles. The SMILES string of the molecule is COc1ccccc1CNC(=O)Nc1cccc(C[C@@H](C)NC[C@H](O)c2ccc(OCc3ccccc3)c3[nH]c(=O)ccc23)c1. The van der Waals surface area contributed by atoms with Gasteiger partial charge >= 0.3 is 6.03 Å². The minimum Gasteiger partial charge on any atom is -0.496 e. The topological polar surface area (TPSA) is 125 Å². The van der Waals surface area contributed by atoms with E-state index in [1.165, 1.54) is 6.07 Å². The van der Waals surface area contributed by atoms with Crippen LogP contribution in [0.15, 0.2) is 108 Å². The first kappa shape index (κ1) is 31.3. The quantitative estimate of drug-likeness (QED) is 0.117. The number of fused-ring (bicyclic) bond motifs is 1.